The molecule has 194 valence electrons. The van der Waals surface area contributed by atoms with Gasteiger partial charge in [0.05, 0.1) is 0 Å². The number of para-hydroxylation sites is 1. The van der Waals surface area contributed by atoms with Gasteiger partial charge >= 0.3 is 12.3 Å². The van der Waals surface area contributed by atoms with E-state index in [2.05, 4.69) is 4.74 Å². The molecule has 0 aliphatic carbocycles. The molecule has 0 radical (unpaired) electrons. The second-order valence-corrected chi connectivity index (χ2v) is 9.16. The minimum absolute atomic E-state index is 0.275. The summed E-state index contributed by atoms with van der Waals surface area (Å²) in [7, 11) is 0. The van der Waals surface area contributed by atoms with E-state index in [1.54, 1.807) is 36.4 Å². The van der Waals surface area contributed by atoms with Gasteiger partial charge in [0.15, 0.2) is 6.61 Å². The number of rotatable bonds is 10. The molecule has 4 rings (SSSR count). The van der Waals surface area contributed by atoms with E-state index >= 15 is 0 Å². The Labute approximate surface area is 222 Å². The van der Waals surface area contributed by atoms with Crippen molar-refractivity contribution in [3.8, 4) is 22.6 Å². The zero-order chi connectivity index (χ0) is 27.0. The van der Waals surface area contributed by atoms with Crippen molar-refractivity contribution in [1.82, 2.24) is 0 Å². The predicted molar refractivity (Wildman–Crippen MR) is 142 cm³/mol. The molecule has 38 heavy (non-hydrogen) atoms. The zero-order valence-corrected chi connectivity index (χ0v) is 20.8. The molecule has 0 amide bonds. The molecule has 0 saturated heterocycles. The zero-order valence-electron chi connectivity index (χ0n) is 20.0. The van der Waals surface area contributed by atoms with Gasteiger partial charge in [-0.3, -0.25) is 0 Å². The molecule has 0 aromatic heterocycles. The van der Waals surface area contributed by atoms with Crippen molar-refractivity contribution in [2.45, 2.75) is 11.3 Å². The van der Waals surface area contributed by atoms with Crippen LogP contribution in [0.3, 0.4) is 0 Å². The Bertz CT molecular complexity index is 1380. The topological polar surface area (TPSA) is 55.8 Å². The van der Waals surface area contributed by atoms with E-state index in [-0.39, 0.29) is 5.75 Å². The molecule has 0 fully saturated rings. The van der Waals surface area contributed by atoms with Crippen LogP contribution in [0.25, 0.3) is 16.7 Å². The summed E-state index contributed by atoms with van der Waals surface area (Å²) in [4.78, 5) is 11.6. The molecule has 4 aromatic rings. The van der Waals surface area contributed by atoms with Crippen LogP contribution in [-0.4, -0.2) is 29.8 Å². The second-order valence-electron chi connectivity index (χ2n) is 8.07. The number of aliphatic carboxylic acids is 1. The maximum Gasteiger partial charge on any atom is 0.573 e. The van der Waals surface area contributed by atoms with Crippen LogP contribution in [0, 0.1) is 0 Å². The normalized spacial score (nSPS) is 11.7. The van der Waals surface area contributed by atoms with Crippen molar-refractivity contribution in [1.29, 1.82) is 0 Å². The molecule has 0 aliphatic rings. The minimum atomic E-state index is -4.82. The quantitative estimate of drug-likeness (QED) is 0.209. The van der Waals surface area contributed by atoms with Gasteiger partial charge in [-0.05, 0) is 52.6 Å². The van der Waals surface area contributed by atoms with E-state index in [1.807, 2.05) is 60.7 Å². The fraction of sp³-hybridized carbons (Fsp3) is 0.100. The monoisotopic (exact) mass is 536 g/mol. The first-order chi connectivity index (χ1) is 18.3. The Kier molecular flexibility index (Phi) is 8.76. The van der Waals surface area contributed by atoms with E-state index in [9.17, 15) is 18.0 Å². The first-order valence-corrected chi connectivity index (χ1v) is 12.6. The number of benzene rings is 4. The second kappa shape index (κ2) is 12.4. The van der Waals surface area contributed by atoms with Gasteiger partial charge in [0, 0.05) is 16.2 Å². The van der Waals surface area contributed by atoms with Gasteiger partial charge in [-0.15, -0.1) is 24.9 Å². The highest BCUT2D eigenvalue weighted by Gasteiger charge is 2.32. The molecular formula is C30H23F3O4S. The third kappa shape index (κ3) is 7.66. The number of hydrogen-bond donors (Lipinski definition) is 1. The number of thioether (sulfide) groups is 1. The number of carboxylic acid groups (broad SMARTS) is 1. The average molecular weight is 537 g/mol. The van der Waals surface area contributed by atoms with Gasteiger partial charge in [0.2, 0.25) is 0 Å². The van der Waals surface area contributed by atoms with E-state index in [0.717, 1.165) is 21.6 Å². The van der Waals surface area contributed by atoms with E-state index in [4.69, 9.17) is 9.84 Å². The fourth-order valence-corrected chi connectivity index (χ4v) is 4.53. The lowest BCUT2D eigenvalue weighted by molar-refractivity contribution is -0.274. The van der Waals surface area contributed by atoms with Gasteiger partial charge in [0.25, 0.3) is 0 Å². The predicted octanol–water partition coefficient (Wildman–Crippen LogP) is 7.94. The summed E-state index contributed by atoms with van der Waals surface area (Å²) in [6, 6.07) is 30.5. The molecule has 0 saturated carbocycles. The van der Waals surface area contributed by atoms with Crippen LogP contribution >= 0.6 is 11.8 Å². The molecule has 0 aliphatic heterocycles. The molecule has 4 nitrogen and oxygen atoms in total. The highest BCUT2D eigenvalue weighted by molar-refractivity contribution is 7.99. The highest BCUT2D eigenvalue weighted by Crippen LogP contribution is 2.36. The van der Waals surface area contributed by atoms with Crippen molar-refractivity contribution in [3.05, 3.63) is 120 Å². The maximum absolute atomic E-state index is 13.1. The van der Waals surface area contributed by atoms with Crippen molar-refractivity contribution < 1.29 is 32.5 Å². The van der Waals surface area contributed by atoms with E-state index in [1.165, 1.54) is 23.9 Å². The molecule has 0 spiro atoms. The van der Waals surface area contributed by atoms with E-state index in [0.29, 0.717) is 22.6 Å². The van der Waals surface area contributed by atoms with Gasteiger partial charge in [-0.1, -0.05) is 78.9 Å². The molecule has 0 atom stereocenters. The Hall–Kier alpha value is -4.17. The summed E-state index contributed by atoms with van der Waals surface area (Å²) in [6.45, 7) is -0.430. The Morgan fingerprint density at radius 3 is 2.11 bits per heavy atom. The van der Waals surface area contributed by atoms with Gasteiger partial charge < -0.3 is 14.6 Å². The van der Waals surface area contributed by atoms with Crippen molar-refractivity contribution in [2.24, 2.45) is 0 Å². The van der Waals surface area contributed by atoms with Crippen molar-refractivity contribution in [3.63, 3.8) is 0 Å². The summed E-state index contributed by atoms with van der Waals surface area (Å²) in [5.41, 5.74) is 3.72. The third-order valence-corrected chi connectivity index (χ3v) is 6.37. The lowest BCUT2D eigenvalue weighted by Crippen LogP contribution is -2.18. The fourth-order valence-electron chi connectivity index (χ4n) is 3.76. The smallest absolute Gasteiger partial charge is 0.482 e. The summed E-state index contributed by atoms with van der Waals surface area (Å²) in [5.74, 6) is -0.438. The highest BCUT2D eigenvalue weighted by atomic mass is 32.2. The molecule has 0 unspecified atom stereocenters. The van der Waals surface area contributed by atoms with Gasteiger partial charge in [-0.2, -0.15) is 0 Å². The van der Waals surface area contributed by atoms with Crippen LogP contribution < -0.4 is 9.47 Å². The summed E-state index contributed by atoms with van der Waals surface area (Å²) >= 11 is 1.48. The summed E-state index contributed by atoms with van der Waals surface area (Å²) < 4.78 is 48.9. The van der Waals surface area contributed by atoms with Crippen molar-refractivity contribution >= 4 is 23.3 Å². The van der Waals surface area contributed by atoms with Crippen LogP contribution in [0.2, 0.25) is 0 Å². The summed E-state index contributed by atoms with van der Waals surface area (Å²) in [5, 5.41) is 8.73. The molecular weight excluding hydrogens is 513 g/mol. The molecule has 0 bridgehead atoms. The first kappa shape index (κ1) is 26.9. The Balaban J connectivity index is 1.61. The number of alkyl halides is 3. The van der Waals surface area contributed by atoms with Crippen LogP contribution in [0.5, 0.6) is 11.5 Å². The average Bonchev–Trinajstić information content (AvgIpc) is 2.91. The molecule has 1 N–H and O–H groups in total. The first-order valence-electron chi connectivity index (χ1n) is 11.6. The van der Waals surface area contributed by atoms with Crippen LogP contribution in [0.1, 0.15) is 11.1 Å². The SMILES string of the molecule is O=C(O)COc1ccc(SCC=C(c2ccc(-c3ccccc3)cc2)c2ccccc2OC(F)(F)F)cc1. The maximum atomic E-state index is 13.1. The lowest BCUT2D eigenvalue weighted by Gasteiger charge is -2.16. The third-order valence-electron chi connectivity index (χ3n) is 5.43. The van der Waals surface area contributed by atoms with Gasteiger partial charge in [-0.25, -0.2) is 4.79 Å². The summed E-state index contributed by atoms with van der Waals surface area (Å²) in [6.07, 6.45) is -2.95. The number of halogens is 3. The number of carbonyl (C=O) groups is 1. The van der Waals surface area contributed by atoms with E-state index < -0.39 is 18.9 Å². The van der Waals surface area contributed by atoms with Crippen LogP contribution in [0.4, 0.5) is 13.2 Å². The van der Waals surface area contributed by atoms with Crippen molar-refractivity contribution in [2.75, 3.05) is 12.4 Å². The molecule has 0 heterocycles. The Morgan fingerprint density at radius 2 is 1.45 bits per heavy atom. The van der Waals surface area contributed by atoms with Gasteiger partial charge in [0.1, 0.15) is 11.5 Å². The standard InChI is InChI=1S/C30H23F3O4S/c31-30(32,33)37-28-9-5-4-8-27(28)26(23-12-10-22(11-13-23)21-6-2-1-3-7-21)18-19-38-25-16-14-24(15-17-25)36-20-29(34)35/h1-18H,19-20H2,(H,34,35). The lowest BCUT2D eigenvalue weighted by atomic mass is 9.95. The number of hydrogen-bond acceptors (Lipinski definition) is 4. The number of carboxylic acids is 1. The largest absolute Gasteiger partial charge is 0.573 e. The molecule has 8 heteroatoms. The van der Waals surface area contributed by atoms with Crippen LogP contribution in [0.15, 0.2) is 114 Å². The van der Waals surface area contributed by atoms with Crippen LogP contribution in [-0.2, 0) is 4.79 Å². The molecule has 4 aromatic carbocycles. The number of ether oxygens (including phenoxy) is 2. The Morgan fingerprint density at radius 1 is 0.816 bits per heavy atom. The minimum Gasteiger partial charge on any atom is -0.482 e.